The summed E-state index contributed by atoms with van der Waals surface area (Å²) in [4.78, 5) is 15.4. The maximum atomic E-state index is 12.1. The highest BCUT2D eigenvalue weighted by Crippen LogP contribution is 2.29. The van der Waals surface area contributed by atoms with Gasteiger partial charge < -0.3 is 4.74 Å². The Bertz CT molecular complexity index is 344. The molecule has 0 bridgehead atoms. The van der Waals surface area contributed by atoms with Gasteiger partial charge in [-0.25, -0.2) is 4.79 Å². The van der Waals surface area contributed by atoms with Gasteiger partial charge in [0.25, 0.3) is 0 Å². The molecule has 1 aliphatic heterocycles. The molecule has 0 amide bonds. The summed E-state index contributed by atoms with van der Waals surface area (Å²) in [6.07, 6.45) is 3.64. The molecule has 2 rings (SSSR count). The van der Waals surface area contributed by atoms with E-state index in [2.05, 4.69) is 4.90 Å². The lowest BCUT2D eigenvalue weighted by molar-refractivity contribution is -0.150. The molecule has 0 N–H and O–H groups in total. The second kappa shape index (κ2) is 6.17. The second-order valence-electron chi connectivity index (χ2n) is 4.27. The van der Waals surface area contributed by atoms with Gasteiger partial charge in [-0.3, -0.25) is 4.90 Å². The SMILES string of the molecule is CCOC(=O)[C@@H](c1cccs1)N1CCCCC1. The fraction of sp³-hybridized carbons (Fsp3) is 0.615. The fourth-order valence-electron chi connectivity index (χ4n) is 2.29. The number of thiophene rings is 1. The zero-order chi connectivity index (χ0) is 12.1. The normalized spacial score (nSPS) is 18.9. The lowest BCUT2D eigenvalue weighted by Crippen LogP contribution is -2.38. The van der Waals surface area contributed by atoms with Crippen LogP contribution in [-0.4, -0.2) is 30.6 Å². The maximum Gasteiger partial charge on any atom is 0.328 e. The van der Waals surface area contributed by atoms with E-state index in [0.29, 0.717) is 6.61 Å². The molecule has 3 nitrogen and oxygen atoms in total. The molecule has 1 aliphatic rings. The Morgan fingerprint density at radius 1 is 1.47 bits per heavy atom. The van der Waals surface area contributed by atoms with Crippen LogP contribution in [0.3, 0.4) is 0 Å². The van der Waals surface area contributed by atoms with Gasteiger partial charge in [-0.15, -0.1) is 11.3 Å². The predicted molar refractivity (Wildman–Crippen MR) is 69.1 cm³/mol. The highest BCUT2D eigenvalue weighted by atomic mass is 32.1. The Morgan fingerprint density at radius 3 is 2.82 bits per heavy atom. The number of likely N-dealkylation sites (tertiary alicyclic amines) is 1. The molecular formula is C13H19NO2S. The molecule has 0 unspecified atom stereocenters. The molecule has 1 aromatic rings. The molecule has 94 valence electrons. The van der Waals surface area contributed by atoms with Gasteiger partial charge in [-0.05, 0) is 44.3 Å². The van der Waals surface area contributed by atoms with Crippen molar-refractivity contribution in [1.29, 1.82) is 0 Å². The number of nitrogens with zero attached hydrogens (tertiary/aromatic N) is 1. The van der Waals surface area contributed by atoms with Gasteiger partial charge in [-0.1, -0.05) is 12.5 Å². The van der Waals surface area contributed by atoms with E-state index in [0.717, 1.165) is 18.0 Å². The van der Waals surface area contributed by atoms with Gasteiger partial charge in [0.15, 0.2) is 0 Å². The van der Waals surface area contributed by atoms with Crippen LogP contribution in [0.5, 0.6) is 0 Å². The summed E-state index contributed by atoms with van der Waals surface area (Å²) in [5, 5.41) is 2.02. The van der Waals surface area contributed by atoms with Crippen molar-refractivity contribution in [2.45, 2.75) is 32.2 Å². The molecule has 1 atom stereocenters. The minimum absolute atomic E-state index is 0.100. The lowest BCUT2D eigenvalue weighted by atomic mass is 10.1. The molecule has 0 aliphatic carbocycles. The summed E-state index contributed by atoms with van der Waals surface area (Å²) in [6.45, 7) is 4.32. The number of hydrogen-bond acceptors (Lipinski definition) is 4. The number of rotatable bonds is 4. The van der Waals surface area contributed by atoms with E-state index in [4.69, 9.17) is 4.74 Å². The highest BCUT2D eigenvalue weighted by Gasteiger charge is 2.30. The Morgan fingerprint density at radius 2 is 2.24 bits per heavy atom. The van der Waals surface area contributed by atoms with Crippen molar-refractivity contribution in [2.24, 2.45) is 0 Å². The summed E-state index contributed by atoms with van der Waals surface area (Å²) < 4.78 is 5.21. The number of piperidine rings is 1. The van der Waals surface area contributed by atoms with Gasteiger partial charge in [-0.2, -0.15) is 0 Å². The number of carbonyl (C=O) groups is 1. The number of hydrogen-bond donors (Lipinski definition) is 0. The third kappa shape index (κ3) is 3.07. The fourth-order valence-corrected chi connectivity index (χ4v) is 3.14. The first-order chi connectivity index (χ1) is 8.33. The average molecular weight is 253 g/mol. The lowest BCUT2D eigenvalue weighted by Gasteiger charge is -2.32. The Kier molecular flexibility index (Phi) is 4.57. The van der Waals surface area contributed by atoms with E-state index >= 15 is 0 Å². The number of carbonyl (C=O) groups excluding carboxylic acids is 1. The molecule has 0 saturated carbocycles. The van der Waals surface area contributed by atoms with Crippen molar-refractivity contribution in [1.82, 2.24) is 4.90 Å². The van der Waals surface area contributed by atoms with Crippen molar-refractivity contribution >= 4 is 17.3 Å². The molecule has 17 heavy (non-hydrogen) atoms. The molecule has 0 aromatic carbocycles. The van der Waals surface area contributed by atoms with Crippen LogP contribution in [0.2, 0.25) is 0 Å². The van der Waals surface area contributed by atoms with E-state index in [1.165, 1.54) is 19.3 Å². The van der Waals surface area contributed by atoms with Crippen LogP contribution in [0.1, 0.15) is 37.1 Å². The number of ether oxygens (including phenoxy) is 1. The van der Waals surface area contributed by atoms with Crippen molar-refractivity contribution in [3.63, 3.8) is 0 Å². The maximum absolute atomic E-state index is 12.1. The highest BCUT2D eigenvalue weighted by molar-refractivity contribution is 7.10. The van der Waals surface area contributed by atoms with E-state index in [1.54, 1.807) is 11.3 Å². The van der Waals surface area contributed by atoms with Crippen LogP contribution in [-0.2, 0) is 9.53 Å². The van der Waals surface area contributed by atoms with Crippen LogP contribution in [0.25, 0.3) is 0 Å². The van der Waals surface area contributed by atoms with Crippen LogP contribution in [0.4, 0.5) is 0 Å². The van der Waals surface area contributed by atoms with Gasteiger partial charge in [0.2, 0.25) is 0 Å². The predicted octanol–water partition coefficient (Wildman–Crippen LogP) is 2.84. The van der Waals surface area contributed by atoms with Crippen molar-refractivity contribution in [3.8, 4) is 0 Å². The molecule has 1 saturated heterocycles. The largest absolute Gasteiger partial charge is 0.465 e. The van der Waals surface area contributed by atoms with Crippen molar-refractivity contribution in [2.75, 3.05) is 19.7 Å². The summed E-state index contributed by atoms with van der Waals surface area (Å²) in [7, 11) is 0. The smallest absolute Gasteiger partial charge is 0.328 e. The molecule has 1 aromatic heterocycles. The summed E-state index contributed by atoms with van der Waals surface area (Å²) in [5.74, 6) is -0.100. The standard InChI is InChI=1S/C13H19NO2S/c1-2-16-13(15)12(11-7-6-10-17-11)14-8-4-3-5-9-14/h6-7,10,12H,2-5,8-9H2,1H3/t12-/m1/s1. The second-order valence-corrected chi connectivity index (χ2v) is 5.25. The van der Waals surface area contributed by atoms with Crippen LogP contribution in [0.15, 0.2) is 17.5 Å². The molecule has 1 fully saturated rings. The van der Waals surface area contributed by atoms with E-state index < -0.39 is 0 Å². The third-order valence-electron chi connectivity index (χ3n) is 3.08. The number of esters is 1. The van der Waals surface area contributed by atoms with Crippen molar-refractivity contribution < 1.29 is 9.53 Å². The first-order valence-corrected chi connectivity index (χ1v) is 7.15. The van der Waals surface area contributed by atoms with E-state index in [1.807, 2.05) is 24.4 Å². The van der Waals surface area contributed by atoms with Gasteiger partial charge in [0.1, 0.15) is 6.04 Å². The Labute approximate surface area is 106 Å². The first kappa shape index (κ1) is 12.6. The topological polar surface area (TPSA) is 29.5 Å². The van der Waals surface area contributed by atoms with Crippen LogP contribution in [0, 0.1) is 0 Å². The third-order valence-corrected chi connectivity index (χ3v) is 4.00. The molecule has 4 heteroatoms. The molecule has 2 heterocycles. The molecule has 0 radical (unpaired) electrons. The zero-order valence-electron chi connectivity index (χ0n) is 10.2. The van der Waals surface area contributed by atoms with E-state index in [-0.39, 0.29) is 12.0 Å². The van der Waals surface area contributed by atoms with Crippen molar-refractivity contribution in [3.05, 3.63) is 22.4 Å². The van der Waals surface area contributed by atoms with E-state index in [9.17, 15) is 4.79 Å². The summed E-state index contributed by atoms with van der Waals surface area (Å²) in [6, 6.07) is 3.84. The Balaban J connectivity index is 2.14. The average Bonchev–Trinajstić information content (AvgIpc) is 2.85. The minimum atomic E-state index is -0.185. The first-order valence-electron chi connectivity index (χ1n) is 6.27. The minimum Gasteiger partial charge on any atom is -0.465 e. The summed E-state index contributed by atoms with van der Waals surface area (Å²) >= 11 is 1.64. The zero-order valence-corrected chi connectivity index (χ0v) is 11.0. The quantitative estimate of drug-likeness (QED) is 0.773. The van der Waals surface area contributed by atoms with Crippen LogP contribution >= 0.6 is 11.3 Å². The van der Waals surface area contributed by atoms with Gasteiger partial charge >= 0.3 is 5.97 Å². The molecular weight excluding hydrogens is 234 g/mol. The monoisotopic (exact) mass is 253 g/mol. The summed E-state index contributed by atoms with van der Waals surface area (Å²) in [5.41, 5.74) is 0. The van der Waals surface area contributed by atoms with Gasteiger partial charge in [0, 0.05) is 4.88 Å². The molecule has 0 spiro atoms. The Hall–Kier alpha value is -0.870. The van der Waals surface area contributed by atoms with Crippen LogP contribution < -0.4 is 0 Å². The van der Waals surface area contributed by atoms with Gasteiger partial charge in [0.05, 0.1) is 6.61 Å².